The lowest BCUT2D eigenvalue weighted by atomic mass is 10.1. The summed E-state index contributed by atoms with van der Waals surface area (Å²) in [5.41, 5.74) is 1.30. The SMILES string of the molecule is CC(Br)C(Br)Cc1ccc(Cl)cc1. The van der Waals surface area contributed by atoms with Crippen LogP contribution in [0.5, 0.6) is 0 Å². The second-order valence-electron chi connectivity index (χ2n) is 3.02. The maximum absolute atomic E-state index is 5.79. The largest absolute Gasteiger partial charge is 0.0881 e. The first-order valence-electron chi connectivity index (χ1n) is 4.12. The standard InChI is InChI=1S/C10H11Br2Cl/c1-7(11)10(12)6-8-2-4-9(13)5-3-8/h2-5,7,10H,6H2,1H3. The van der Waals surface area contributed by atoms with E-state index in [1.165, 1.54) is 5.56 Å². The van der Waals surface area contributed by atoms with Crippen molar-refractivity contribution in [2.75, 3.05) is 0 Å². The molecule has 0 bridgehead atoms. The molecule has 1 aromatic carbocycles. The van der Waals surface area contributed by atoms with Crippen molar-refractivity contribution in [1.82, 2.24) is 0 Å². The molecule has 0 N–H and O–H groups in total. The van der Waals surface area contributed by atoms with E-state index < -0.39 is 0 Å². The molecule has 0 aliphatic heterocycles. The van der Waals surface area contributed by atoms with E-state index >= 15 is 0 Å². The lowest BCUT2D eigenvalue weighted by Gasteiger charge is -2.11. The molecule has 0 fully saturated rings. The number of hydrogen-bond donors (Lipinski definition) is 0. The van der Waals surface area contributed by atoms with Gasteiger partial charge in [0, 0.05) is 14.7 Å². The van der Waals surface area contributed by atoms with Crippen LogP contribution in [0.4, 0.5) is 0 Å². The molecule has 72 valence electrons. The van der Waals surface area contributed by atoms with E-state index in [1.54, 1.807) is 0 Å². The molecule has 0 saturated heterocycles. The first-order valence-corrected chi connectivity index (χ1v) is 6.33. The topological polar surface area (TPSA) is 0 Å². The fourth-order valence-electron chi connectivity index (χ4n) is 1.01. The molecule has 1 rings (SSSR count). The van der Waals surface area contributed by atoms with Crippen LogP contribution in [0.25, 0.3) is 0 Å². The van der Waals surface area contributed by atoms with E-state index in [9.17, 15) is 0 Å². The van der Waals surface area contributed by atoms with E-state index in [2.05, 4.69) is 50.9 Å². The Morgan fingerprint density at radius 3 is 2.23 bits per heavy atom. The molecule has 3 heteroatoms. The maximum Gasteiger partial charge on any atom is 0.0406 e. The Labute approximate surface area is 101 Å². The van der Waals surface area contributed by atoms with Crippen LogP contribution in [0.1, 0.15) is 12.5 Å². The van der Waals surface area contributed by atoms with Gasteiger partial charge in [-0.1, -0.05) is 62.5 Å². The number of hydrogen-bond acceptors (Lipinski definition) is 0. The highest BCUT2D eigenvalue weighted by atomic mass is 79.9. The van der Waals surface area contributed by atoms with Gasteiger partial charge in [0.25, 0.3) is 0 Å². The van der Waals surface area contributed by atoms with Gasteiger partial charge in [0.05, 0.1) is 0 Å². The van der Waals surface area contributed by atoms with E-state index in [1.807, 2.05) is 12.1 Å². The first kappa shape index (κ1) is 11.5. The molecule has 0 heterocycles. The molecule has 13 heavy (non-hydrogen) atoms. The van der Waals surface area contributed by atoms with Crippen molar-refractivity contribution in [2.24, 2.45) is 0 Å². The smallest absolute Gasteiger partial charge is 0.0406 e. The zero-order valence-corrected chi connectivity index (χ0v) is 11.2. The fraction of sp³-hybridized carbons (Fsp3) is 0.400. The van der Waals surface area contributed by atoms with Gasteiger partial charge in [-0.15, -0.1) is 0 Å². The van der Waals surface area contributed by atoms with Crippen molar-refractivity contribution < 1.29 is 0 Å². The maximum atomic E-state index is 5.79. The summed E-state index contributed by atoms with van der Waals surface area (Å²) in [7, 11) is 0. The van der Waals surface area contributed by atoms with Gasteiger partial charge in [0.1, 0.15) is 0 Å². The minimum absolute atomic E-state index is 0.466. The molecule has 2 atom stereocenters. The van der Waals surface area contributed by atoms with Crippen molar-refractivity contribution >= 4 is 43.5 Å². The molecular weight excluding hydrogens is 315 g/mol. The van der Waals surface area contributed by atoms with Gasteiger partial charge in [-0.05, 0) is 24.1 Å². The molecule has 0 saturated carbocycles. The summed E-state index contributed by atoms with van der Waals surface area (Å²) in [6, 6.07) is 7.98. The number of halogens is 3. The monoisotopic (exact) mass is 324 g/mol. The van der Waals surface area contributed by atoms with Crippen LogP contribution < -0.4 is 0 Å². The van der Waals surface area contributed by atoms with Crippen LogP contribution in [-0.4, -0.2) is 9.65 Å². The number of benzene rings is 1. The predicted octanol–water partition coefficient (Wildman–Crippen LogP) is 4.43. The zero-order valence-electron chi connectivity index (χ0n) is 7.31. The summed E-state index contributed by atoms with van der Waals surface area (Å²) in [6.07, 6.45) is 1.02. The minimum atomic E-state index is 0.466. The molecule has 0 radical (unpaired) electrons. The summed E-state index contributed by atoms with van der Waals surface area (Å²) in [4.78, 5) is 0.942. The molecule has 0 spiro atoms. The predicted molar refractivity (Wildman–Crippen MR) is 66.3 cm³/mol. The molecule has 1 aromatic rings. The van der Waals surface area contributed by atoms with Gasteiger partial charge in [-0.2, -0.15) is 0 Å². The number of rotatable bonds is 3. The average Bonchev–Trinajstić information content (AvgIpc) is 2.08. The summed E-state index contributed by atoms with van der Waals surface area (Å²) in [5.74, 6) is 0. The molecule has 0 aliphatic rings. The summed E-state index contributed by atoms with van der Waals surface area (Å²) < 4.78 is 0. The van der Waals surface area contributed by atoms with Gasteiger partial charge in [0.2, 0.25) is 0 Å². The van der Waals surface area contributed by atoms with Crippen LogP contribution >= 0.6 is 43.5 Å². The van der Waals surface area contributed by atoms with Gasteiger partial charge in [0.15, 0.2) is 0 Å². The Morgan fingerprint density at radius 1 is 1.23 bits per heavy atom. The number of alkyl halides is 2. The molecule has 0 aromatic heterocycles. The Bertz CT molecular complexity index is 256. The van der Waals surface area contributed by atoms with E-state index in [4.69, 9.17) is 11.6 Å². The fourth-order valence-corrected chi connectivity index (χ4v) is 1.69. The molecular formula is C10H11Br2Cl. The highest BCUT2D eigenvalue weighted by molar-refractivity contribution is 9.12. The first-order chi connectivity index (χ1) is 6.09. The average molecular weight is 326 g/mol. The van der Waals surface area contributed by atoms with Crippen molar-refractivity contribution in [2.45, 2.75) is 23.0 Å². The van der Waals surface area contributed by atoms with Crippen molar-refractivity contribution in [3.63, 3.8) is 0 Å². The summed E-state index contributed by atoms with van der Waals surface area (Å²) in [5, 5.41) is 0.793. The highest BCUT2D eigenvalue weighted by Gasteiger charge is 2.10. The molecule has 0 aliphatic carbocycles. The van der Waals surface area contributed by atoms with Gasteiger partial charge in [-0.25, -0.2) is 0 Å². The Balaban J connectivity index is 2.59. The van der Waals surface area contributed by atoms with Gasteiger partial charge in [-0.3, -0.25) is 0 Å². The molecule has 0 nitrogen and oxygen atoms in total. The van der Waals surface area contributed by atoms with Gasteiger partial charge >= 0.3 is 0 Å². The van der Waals surface area contributed by atoms with Crippen LogP contribution in [0, 0.1) is 0 Å². The third kappa shape index (κ3) is 4.01. The van der Waals surface area contributed by atoms with Crippen molar-refractivity contribution in [3.05, 3.63) is 34.9 Å². The third-order valence-electron chi connectivity index (χ3n) is 1.84. The normalized spacial score (nSPS) is 15.4. The van der Waals surface area contributed by atoms with E-state index in [-0.39, 0.29) is 0 Å². The van der Waals surface area contributed by atoms with Gasteiger partial charge < -0.3 is 0 Å². The van der Waals surface area contributed by atoms with Crippen molar-refractivity contribution in [1.29, 1.82) is 0 Å². The van der Waals surface area contributed by atoms with Crippen molar-refractivity contribution in [3.8, 4) is 0 Å². The van der Waals surface area contributed by atoms with Crippen LogP contribution in [0.3, 0.4) is 0 Å². The lowest BCUT2D eigenvalue weighted by molar-refractivity contribution is 0.857. The third-order valence-corrected chi connectivity index (χ3v) is 4.56. The van der Waals surface area contributed by atoms with E-state index in [0.29, 0.717) is 9.65 Å². The minimum Gasteiger partial charge on any atom is -0.0881 e. The zero-order chi connectivity index (χ0) is 9.84. The van der Waals surface area contributed by atoms with Crippen LogP contribution in [0.2, 0.25) is 5.02 Å². The second kappa shape index (κ2) is 5.38. The second-order valence-corrected chi connectivity index (χ2v) is 6.08. The Hall–Kier alpha value is 0.470. The lowest BCUT2D eigenvalue weighted by Crippen LogP contribution is -2.12. The Kier molecular flexibility index (Phi) is 4.77. The van der Waals surface area contributed by atoms with Crippen LogP contribution in [0.15, 0.2) is 24.3 Å². The molecule has 0 amide bonds. The highest BCUT2D eigenvalue weighted by Crippen LogP contribution is 2.19. The quantitative estimate of drug-likeness (QED) is 0.721. The summed E-state index contributed by atoms with van der Waals surface area (Å²) >= 11 is 12.9. The molecule has 2 unspecified atom stereocenters. The summed E-state index contributed by atoms with van der Waals surface area (Å²) in [6.45, 7) is 2.13. The van der Waals surface area contributed by atoms with Crippen LogP contribution in [-0.2, 0) is 6.42 Å². The van der Waals surface area contributed by atoms with E-state index in [0.717, 1.165) is 11.4 Å². The Morgan fingerprint density at radius 2 is 1.77 bits per heavy atom.